The van der Waals surface area contributed by atoms with Crippen LogP contribution >= 0.6 is 0 Å². The first-order valence-electron chi connectivity index (χ1n) is 7.11. The molecule has 0 radical (unpaired) electrons. The molecule has 1 saturated heterocycles. The first kappa shape index (κ1) is 14.9. The second kappa shape index (κ2) is 7.36. The van der Waals surface area contributed by atoms with Gasteiger partial charge in [0.1, 0.15) is 5.82 Å². The monoisotopic (exact) mass is 279 g/mol. The molecule has 1 fully saturated rings. The van der Waals surface area contributed by atoms with Crippen LogP contribution in [0.3, 0.4) is 0 Å². The van der Waals surface area contributed by atoms with Crippen molar-refractivity contribution in [1.82, 2.24) is 10.2 Å². The quantitative estimate of drug-likeness (QED) is 0.864. The number of amides is 1. The predicted molar refractivity (Wildman–Crippen MR) is 78.2 cm³/mol. The minimum atomic E-state index is -0.302. The van der Waals surface area contributed by atoms with Gasteiger partial charge in [0.2, 0.25) is 5.91 Å². The number of likely N-dealkylation sites (N-methyl/N-ethyl adjacent to an activating group) is 1. The van der Waals surface area contributed by atoms with Crippen molar-refractivity contribution in [2.24, 2.45) is 0 Å². The Morgan fingerprint density at radius 2 is 2.15 bits per heavy atom. The number of halogens is 1. The summed E-state index contributed by atoms with van der Waals surface area (Å²) < 4.78 is 12.8. The number of rotatable bonds is 5. The second-order valence-electron chi connectivity index (χ2n) is 5.40. The molecule has 0 spiro atoms. The zero-order chi connectivity index (χ0) is 14.4. The fourth-order valence-corrected chi connectivity index (χ4v) is 2.50. The van der Waals surface area contributed by atoms with Crippen molar-refractivity contribution in [2.75, 3.05) is 32.0 Å². The molecular weight excluding hydrogens is 257 g/mol. The van der Waals surface area contributed by atoms with E-state index in [2.05, 4.69) is 10.6 Å². The van der Waals surface area contributed by atoms with Crippen molar-refractivity contribution >= 4 is 11.6 Å². The number of benzene rings is 1. The Balaban J connectivity index is 1.74. The molecule has 1 aromatic carbocycles. The minimum absolute atomic E-state index is 0.0742. The van der Waals surface area contributed by atoms with Crippen LogP contribution in [0.4, 0.5) is 10.1 Å². The van der Waals surface area contributed by atoms with E-state index in [0.717, 1.165) is 13.1 Å². The molecule has 1 heterocycles. The first-order valence-corrected chi connectivity index (χ1v) is 7.11. The minimum Gasteiger partial charge on any atom is -0.325 e. The fourth-order valence-electron chi connectivity index (χ4n) is 2.50. The van der Waals surface area contributed by atoms with E-state index in [4.69, 9.17) is 0 Å². The normalized spacial score (nSPS) is 19.1. The van der Waals surface area contributed by atoms with Gasteiger partial charge in [0, 0.05) is 18.3 Å². The van der Waals surface area contributed by atoms with Gasteiger partial charge in [0.05, 0.1) is 6.54 Å². The average Bonchev–Trinajstić information content (AvgIpc) is 2.42. The summed E-state index contributed by atoms with van der Waals surface area (Å²) in [5.41, 5.74) is 0.626. The first-order chi connectivity index (χ1) is 9.63. The summed E-state index contributed by atoms with van der Waals surface area (Å²) in [7, 11) is 1.94. The number of piperidine rings is 1. The van der Waals surface area contributed by atoms with Crippen molar-refractivity contribution in [3.8, 4) is 0 Å². The lowest BCUT2D eigenvalue weighted by Gasteiger charge is -2.27. The molecule has 1 aromatic rings. The highest BCUT2D eigenvalue weighted by molar-refractivity contribution is 5.92. The summed E-state index contributed by atoms with van der Waals surface area (Å²) in [5, 5.41) is 6.23. The topological polar surface area (TPSA) is 44.4 Å². The van der Waals surface area contributed by atoms with Gasteiger partial charge in [-0.05, 0) is 50.7 Å². The standard InChI is InChI=1S/C15H22FN3O/c1-19(10-14-4-2-3-9-17-14)11-15(20)18-13-7-5-12(16)6-8-13/h5-8,14,17H,2-4,9-11H2,1H3,(H,18,20). The zero-order valence-electron chi connectivity index (χ0n) is 11.9. The summed E-state index contributed by atoms with van der Waals surface area (Å²) in [4.78, 5) is 13.9. The molecule has 1 atom stereocenters. The summed E-state index contributed by atoms with van der Waals surface area (Å²) in [6, 6.07) is 6.29. The van der Waals surface area contributed by atoms with Gasteiger partial charge in [-0.25, -0.2) is 4.39 Å². The highest BCUT2D eigenvalue weighted by atomic mass is 19.1. The largest absolute Gasteiger partial charge is 0.325 e. The Hall–Kier alpha value is -1.46. The average molecular weight is 279 g/mol. The molecule has 1 amide bonds. The van der Waals surface area contributed by atoms with Crippen molar-refractivity contribution in [3.63, 3.8) is 0 Å². The molecule has 2 rings (SSSR count). The molecule has 5 heteroatoms. The van der Waals surface area contributed by atoms with Gasteiger partial charge in [-0.2, -0.15) is 0 Å². The number of hydrogen-bond donors (Lipinski definition) is 2. The Morgan fingerprint density at radius 3 is 2.80 bits per heavy atom. The number of carbonyl (C=O) groups is 1. The summed E-state index contributed by atoms with van der Waals surface area (Å²) in [6.45, 7) is 2.28. The fraction of sp³-hybridized carbons (Fsp3) is 0.533. The molecule has 0 aliphatic carbocycles. The van der Waals surface area contributed by atoms with Crippen molar-refractivity contribution < 1.29 is 9.18 Å². The Labute approximate surface area is 119 Å². The number of hydrogen-bond acceptors (Lipinski definition) is 3. The van der Waals surface area contributed by atoms with Crippen LogP contribution in [-0.2, 0) is 4.79 Å². The SMILES string of the molecule is CN(CC(=O)Nc1ccc(F)cc1)CC1CCCCN1. The molecule has 1 aliphatic rings. The highest BCUT2D eigenvalue weighted by Gasteiger charge is 2.16. The van der Waals surface area contributed by atoms with Crippen LogP contribution in [0.25, 0.3) is 0 Å². The predicted octanol–water partition coefficient (Wildman–Crippen LogP) is 1.84. The van der Waals surface area contributed by atoms with Crippen LogP contribution in [0, 0.1) is 5.82 Å². The molecule has 0 bridgehead atoms. The second-order valence-corrected chi connectivity index (χ2v) is 5.40. The van der Waals surface area contributed by atoms with Gasteiger partial charge >= 0.3 is 0 Å². The van der Waals surface area contributed by atoms with Crippen LogP contribution in [0.1, 0.15) is 19.3 Å². The lowest BCUT2D eigenvalue weighted by atomic mass is 10.0. The molecule has 0 aromatic heterocycles. The third-order valence-corrected chi connectivity index (χ3v) is 3.49. The van der Waals surface area contributed by atoms with Crippen molar-refractivity contribution in [2.45, 2.75) is 25.3 Å². The van der Waals surface area contributed by atoms with Crippen LogP contribution in [0.2, 0.25) is 0 Å². The molecule has 1 unspecified atom stereocenters. The van der Waals surface area contributed by atoms with E-state index in [1.165, 1.54) is 31.4 Å². The Morgan fingerprint density at radius 1 is 1.40 bits per heavy atom. The van der Waals surface area contributed by atoms with Gasteiger partial charge < -0.3 is 10.6 Å². The lowest BCUT2D eigenvalue weighted by Crippen LogP contribution is -2.44. The van der Waals surface area contributed by atoms with E-state index in [1.54, 1.807) is 12.1 Å². The molecule has 20 heavy (non-hydrogen) atoms. The molecule has 0 saturated carbocycles. The lowest BCUT2D eigenvalue weighted by molar-refractivity contribution is -0.117. The van der Waals surface area contributed by atoms with Crippen molar-refractivity contribution in [3.05, 3.63) is 30.1 Å². The van der Waals surface area contributed by atoms with Crippen LogP contribution < -0.4 is 10.6 Å². The summed E-state index contributed by atoms with van der Waals surface area (Å²) >= 11 is 0. The third-order valence-electron chi connectivity index (χ3n) is 3.49. The van der Waals surface area contributed by atoms with Crippen molar-refractivity contribution in [1.29, 1.82) is 0 Å². The molecular formula is C15H22FN3O. The zero-order valence-corrected chi connectivity index (χ0v) is 11.9. The third kappa shape index (κ3) is 4.90. The maximum Gasteiger partial charge on any atom is 0.238 e. The van der Waals surface area contributed by atoms with Gasteiger partial charge in [0.15, 0.2) is 0 Å². The van der Waals surface area contributed by atoms with E-state index in [1.807, 2.05) is 11.9 Å². The molecule has 2 N–H and O–H groups in total. The smallest absolute Gasteiger partial charge is 0.238 e. The Bertz CT molecular complexity index is 429. The highest BCUT2D eigenvalue weighted by Crippen LogP contribution is 2.09. The molecule has 1 aliphatic heterocycles. The number of anilines is 1. The van der Waals surface area contributed by atoms with Gasteiger partial charge in [0.25, 0.3) is 0 Å². The number of nitrogens with one attached hydrogen (secondary N) is 2. The number of nitrogens with zero attached hydrogens (tertiary/aromatic N) is 1. The summed E-state index contributed by atoms with van der Waals surface area (Å²) in [6.07, 6.45) is 3.67. The van der Waals surface area contributed by atoms with Gasteiger partial charge in [-0.15, -0.1) is 0 Å². The van der Waals surface area contributed by atoms with Crippen LogP contribution in [-0.4, -0.2) is 43.5 Å². The summed E-state index contributed by atoms with van der Waals surface area (Å²) in [5.74, 6) is -0.376. The van der Waals surface area contributed by atoms with Gasteiger partial charge in [-0.3, -0.25) is 9.69 Å². The number of carbonyl (C=O) groups excluding carboxylic acids is 1. The van der Waals surface area contributed by atoms with Gasteiger partial charge in [-0.1, -0.05) is 6.42 Å². The Kier molecular flexibility index (Phi) is 5.49. The van der Waals surface area contributed by atoms with E-state index >= 15 is 0 Å². The van der Waals surface area contributed by atoms with E-state index in [9.17, 15) is 9.18 Å². The molecule has 110 valence electrons. The maximum atomic E-state index is 12.8. The van der Waals surface area contributed by atoms with E-state index in [0.29, 0.717) is 18.3 Å². The molecule has 4 nitrogen and oxygen atoms in total. The van der Waals surface area contributed by atoms with Crippen LogP contribution in [0.5, 0.6) is 0 Å². The maximum absolute atomic E-state index is 12.8. The van der Waals surface area contributed by atoms with E-state index < -0.39 is 0 Å². The van der Waals surface area contributed by atoms with E-state index in [-0.39, 0.29) is 11.7 Å². The van der Waals surface area contributed by atoms with Crippen LogP contribution in [0.15, 0.2) is 24.3 Å².